The Hall–Kier alpha value is -1.09. The first-order chi connectivity index (χ1) is 5.63. The third-order valence-electron chi connectivity index (χ3n) is 1.88. The minimum Gasteiger partial charge on any atom is -0.399 e. The fourth-order valence-corrected chi connectivity index (χ4v) is 1.05. The van der Waals surface area contributed by atoms with Crippen molar-refractivity contribution in [3.8, 4) is 0 Å². The molecule has 0 saturated heterocycles. The van der Waals surface area contributed by atoms with Gasteiger partial charge in [-0.05, 0) is 37.7 Å². The van der Waals surface area contributed by atoms with E-state index >= 15 is 0 Å². The average molecular weight is 168 g/mol. The second kappa shape index (κ2) is 3.54. The zero-order valence-electron chi connectivity index (χ0n) is 7.26. The van der Waals surface area contributed by atoms with Crippen molar-refractivity contribution in [2.75, 3.05) is 12.8 Å². The topological polar surface area (TPSA) is 38.0 Å². The Labute approximate surface area is 71.6 Å². The van der Waals surface area contributed by atoms with E-state index in [0.29, 0.717) is 5.69 Å². The van der Waals surface area contributed by atoms with Gasteiger partial charge in [-0.3, -0.25) is 0 Å². The first-order valence-corrected chi connectivity index (χ1v) is 3.86. The lowest BCUT2D eigenvalue weighted by atomic mass is 10.1. The number of nitrogens with one attached hydrogen (secondary N) is 1. The molecule has 0 unspecified atom stereocenters. The van der Waals surface area contributed by atoms with Crippen molar-refractivity contribution >= 4 is 5.69 Å². The average Bonchev–Trinajstić information content (AvgIpc) is 2.01. The van der Waals surface area contributed by atoms with Gasteiger partial charge in [-0.25, -0.2) is 4.39 Å². The van der Waals surface area contributed by atoms with Gasteiger partial charge < -0.3 is 11.1 Å². The number of benzene rings is 1. The summed E-state index contributed by atoms with van der Waals surface area (Å²) in [5, 5.41) is 3.01. The molecule has 0 fully saturated rings. The Bertz CT molecular complexity index is 253. The van der Waals surface area contributed by atoms with E-state index in [0.717, 1.165) is 5.56 Å². The summed E-state index contributed by atoms with van der Waals surface area (Å²) in [7, 11) is 1.83. The molecule has 0 aromatic heterocycles. The van der Waals surface area contributed by atoms with Crippen molar-refractivity contribution in [3.05, 3.63) is 29.6 Å². The third kappa shape index (κ3) is 1.95. The summed E-state index contributed by atoms with van der Waals surface area (Å²) in [5.74, 6) is -0.285. The van der Waals surface area contributed by atoms with Crippen LogP contribution < -0.4 is 11.1 Å². The highest BCUT2D eigenvalue weighted by molar-refractivity contribution is 5.42. The molecule has 0 amide bonds. The Morgan fingerprint density at radius 3 is 2.58 bits per heavy atom. The number of nitrogen functional groups attached to an aromatic ring is 1. The summed E-state index contributed by atoms with van der Waals surface area (Å²) in [5.41, 5.74) is 6.82. The number of rotatable bonds is 2. The molecule has 1 rings (SSSR count). The van der Waals surface area contributed by atoms with Gasteiger partial charge in [0.05, 0.1) is 0 Å². The van der Waals surface area contributed by atoms with Crippen LogP contribution in [0.5, 0.6) is 0 Å². The number of halogens is 1. The molecule has 0 aliphatic heterocycles. The van der Waals surface area contributed by atoms with E-state index in [1.54, 1.807) is 6.07 Å². The molecule has 1 aromatic carbocycles. The summed E-state index contributed by atoms with van der Waals surface area (Å²) in [6.45, 7) is 1.95. The smallest absolute Gasteiger partial charge is 0.125 e. The zero-order chi connectivity index (χ0) is 9.14. The van der Waals surface area contributed by atoms with Crippen LogP contribution in [-0.2, 0) is 0 Å². The summed E-state index contributed by atoms with van der Waals surface area (Å²) >= 11 is 0. The van der Waals surface area contributed by atoms with Crippen molar-refractivity contribution in [2.24, 2.45) is 0 Å². The molecule has 0 radical (unpaired) electrons. The van der Waals surface area contributed by atoms with Crippen LogP contribution in [0.1, 0.15) is 18.5 Å². The molecule has 0 spiro atoms. The molecule has 0 saturated carbocycles. The fraction of sp³-hybridized carbons (Fsp3) is 0.333. The second-order valence-electron chi connectivity index (χ2n) is 2.83. The number of hydrogen-bond acceptors (Lipinski definition) is 2. The Balaban J connectivity index is 3.00. The van der Waals surface area contributed by atoms with Gasteiger partial charge in [0, 0.05) is 11.7 Å². The lowest BCUT2D eigenvalue weighted by Gasteiger charge is -2.10. The first-order valence-electron chi connectivity index (χ1n) is 3.86. The molecule has 1 atom stereocenters. The summed E-state index contributed by atoms with van der Waals surface area (Å²) < 4.78 is 12.8. The maximum atomic E-state index is 12.8. The maximum absolute atomic E-state index is 12.8. The number of nitrogens with two attached hydrogens (primary N) is 1. The van der Waals surface area contributed by atoms with Gasteiger partial charge in [0.15, 0.2) is 0 Å². The van der Waals surface area contributed by atoms with Crippen molar-refractivity contribution in [3.63, 3.8) is 0 Å². The van der Waals surface area contributed by atoms with E-state index in [9.17, 15) is 4.39 Å². The summed E-state index contributed by atoms with van der Waals surface area (Å²) in [6.07, 6.45) is 0. The van der Waals surface area contributed by atoms with Crippen molar-refractivity contribution < 1.29 is 4.39 Å². The van der Waals surface area contributed by atoms with E-state index in [4.69, 9.17) is 5.73 Å². The van der Waals surface area contributed by atoms with E-state index in [2.05, 4.69) is 5.32 Å². The van der Waals surface area contributed by atoms with Gasteiger partial charge in [-0.2, -0.15) is 0 Å². The lowest BCUT2D eigenvalue weighted by molar-refractivity contribution is 0.609. The van der Waals surface area contributed by atoms with Gasteiger partial charge in [-0.1, -0.05) is 0 Å². The van der Waals surface area contributed by atoms with E-state index in [1.807, 2.05) is 14.0 Å². The molecule has 0 bridgehead atoms. The quantitative estimate of drug-likeness (QED) is 0.659. The fourth-order valence-electron chi connectivity index (χ4n) is 1.05. The Morgan fingerprint density at radius 1 is 1.42 bits per heavy atom. The predicted octanol–water partition coefficient (Wildman–Crippen LogP) is 1.69. The van der Waals surface area contributed by atoms with Crippen molar-refractivity contribution in [1.29, 1.82) is 0 Å². The molecule has 1 aromatic rings. The second-order valence-corrected chi connectivity index (χ2v) is 2.83. The number of anilines is 1. The molecule has 66 valence electrons. The SMILES string of the molecule is CN[C@H](C)c1cc(N)cc(F)c1. The molecule has 0 aliphatic rings. The van der Waals surface area contributed by atoms with Crippen LogP contribution in [0.4, 0.5) is 10.1 Å². The molecule has 0 aliphatic carbocycles. The minimum absolute atomic E-state index is 0.128. The standard InChI is InChI=1S/C9H13FN2/c1-6(12-2)7-3-8(10)5-9(11)4-7/h3-6,12H,11H2,1-2H3/t6-/m1/s1. The largest absolute Gasteiger partial charge is 0.399 e. The highest BCUT2D eigenvalue weighted by Crippen LogP contribution is 2.16. The predicted molar refractivity (Wildman–Crippen MR) is 48.3 cm³/mol. The monoisotopic (exact) mass is 168 g/mol. The van der Waals surface area contributed by atoms with Gasteiger partial charge >= 0.3 is 0 Å². The van der Waals surface area contributed by atoms with Crippen LogP contribution in [0.3, 0.4) is 0 Å². The number of hydrogen-bond donors (Lipinski definition) is 2. The molecule has 12 heavy (non-hydrogen) atoms. The normalized spacial score (nSPS) is 12.9. The Kier molecular flexibility index (Phi) is 2.65. The van der Waals surface area contributed by atoms with Gasteiger partial charge in [0.2, 0.25) is 0 Å². The summed E-state index contributed by atoms with van der Waals surface area (Å²) in [6, 6.07) is 4.69. The van der Waals surface area contributed by atoms with Crippen LogP contribution >= 0.6 is 0 Å². The molecule has 3 N–H and O–H groups in total. The highest BCUT2D eigenvalue weighted by Gasteiger charge is 2.04. The summed E-state index contributed by atoms with van der Waals surface area (Å²) in [4.78, 5) is 0. The van der Waals surface area contributed by atoms with Crippen molar-refractivity contribution in [2.45, 2.75) is 13.0 Å². The molecule has 2 nitrogen and oxygen atoms in total. The third-order valence-corrected chi connectivity index (χ3v) is 1.88. The maximum Gasteiger partial charge on any atom is 0.125 e. The van der Waals surface area contributed by atoms with Crippen molar-refractivity contribution in [1.82, 2.24) is 5.32 Å². The van der Waals surface area contributed by atoms with E-state index in [-0.39, 0.29) is 11.9 Å². The van der Waals surface area contributed by atoms with E-state index in [1.165, 1.54) is 12.1 Å². The van der Waals surface area contributed by atoms with Crippen LogP contribution in [0, 0.1) is 5.82 Å². The Morgan fingerprint density at radius 2 is 2.08 bits per heavy atom. The minimum atomic E-state index is -0.285. The van der Waals surface area contributed by atoms with Gasteiger partial charge in [0.1, 0.15) is 5.82 Å². The molecule has 0 heterocycles. The first kappa shape index (κ1) is 9.00. The molecule has 3 heteroatoms. The van der Waals surface area contributed by atoms with E-state index < -0.39 is 0 Å². The molecular formula is C9H13FN2. The zero-order valence-corrected chi connectivity index (χ0v) is 7.26. The van der Waals surface area contributed by atoms with Crippen LogP contribution in [0.15, 0.2) is 18.2 Å². The highest BCUT2D eigenvalue weighted by atomic mass is 19.1. The lowest BCUT2D eigenvalue weighted by Crippen LogP contribution is -2.12. The molecular weight excluding hydrogens is 155 g/mol. The van der Waals surface area contributed by atoms with Crippen LogP contribution in [-0.4, -0.2) is 7.05 Å². The van der Waals surface area contributed by atoms with Crippen LogP contribution in [0.25, 0.3) is 0 Å². The van der Waals surface area contributed by atoms with Gasteiger partial charge in [0.25, 0.3) is 0 Å². The van der Waals surface area contributed by atoms with Crippen LogP contribution in [0.2, 0.25) is 0 Å². The van der Waals surface area contributed by atoms with Gasteiger partial charge in [-0.15, -0.1) is 0 Å².